The molecule has 0 aromatic heterocycles. The molecule has 0 radical (unpaired) electrons. The number of carbonyl (C=O) groups is 1. The van der Waals surface area contributed by atoms with Crippen LogP contribution in [0, 0.1) is 11.7 Å². The van der Waals surface area contributed by atoms with Crippen LogP contribution in [0.15, 0.2) is 18.2 Å². The van der Waals surface area contributed by atoms with Crippen LogP contribution in [-0.2, 0) is 0 Å². The van der Waals surface area contributed by atoms with Gasteiger partial charge in [-0.15, -0.1) is 0 Å². The van der Waals surface area contributed by atoms with Crippen LogP contribution in [0.1, 0.15) is 49.4 Å². The lowest BCUT2D eigenvalue weighted by Gasteiger charge is -2.22. The monoisotopic (exact) mass is 265 g/mol. The Hall–Kier alpha value is -1.58. The van der Waals surface area contributed by atoms with Crippen molar-refractivity contribution in [1.29, 1.82) is 0 Å². The standard InChI is InChI=1S/C15H20FNO2/c1-10-5-3-2-4-6-14(10)17-15(19)12-8-7-11(18)9-13(12)16/h7-10,14,18H,2-6H2,1H3,(H,17,19). The van der Waals surface area contributed by atoms with Crippen molar-refractivity contribution < 1.29 is 14.3 Å². The van der Waals surface area contributed by atoms with Crippen LogP contribution < -0.4 is 5.32 Å². The first-order valence-corrected chi connectivity index (χ1v) is 6.87. The first-order chi connectivity index (χ1) is 9.08. The number of halogens is 1. The van der Waals surface area contributed by atoms with E-state index >= 15 is 0 Å². The molecule has 2 rings (SSSR count). The molecule has 1 aliphatic carbocycles. The highest BCUT2D eigenvalue weighted by atomic mass is 19.1. The maximum absolute atomic E-state index is 13.6. The van der Waals surface area contributed by atoms with Gasteiger partial charge < -0.3 is 10.4 Å². The second-order valence-corrected chi connectivity index (χ2v) is 5.36. The number of hydrogen-bond donors (Lipinski definition) is 2. The van der Waals surface area contributed by atoms with E-state index in [1.165, 1.54) is 25.0 Å². The summed E-state index contributed by atoms with van der Waals surface area (Å²) in [4.78, 5) is 12.1. The van der Waals surface area contributed by atoms with Crippen molar-refractivity contribution in [1.82, 2.24) is 5.32 Å². The van der Waals surface area contributed by atoms with Gasteiger partial charge in [0.15, 0.2) is 0 Å². The average Bonchev–Trinajstić information content (AvgIpc) is 2.55. The lowest BCUT2D eigenvalue weighted by molar-refractivity contribution is 0.0917. The number of aromatic hydroxyl groups is 1. The molecule has 0 saturated heterocycles. The molecule has 0 aliphatic heterocycles. The molecule has 2 N–H and O–H groups in total. The zero-order valence-electron chi connectivity index (χ0n) is 11.2. The molecule has 2 unspecified atom stereocenters. The molecule has 1 aromatic carbocycles. The third-order valence-electron chi connectivity index (χ3n) is 3.88. The Morgan fingerprint density at radius 1 is 1.32 bits per heavy atom. The molecule has 104 valence electrons. The van der Waals surface area contributed by atoms with Gasteiger partial charge >= 0.3 is 0 Å². The van der Waals surface area contributed by atoms with Crippen LogP contribution in [0.4, 0.5) is 4.39 Å². The van der Waals surface area contributed by atoms with E-state index < -0.39 is 11.7 Å². The molecule has 1 aliphatic rings. The largest absolute Gasteiger partial charge is 0.508 e. The third-order valence-corrected chi connectivity index (χ3v) is 3.88. The molecule has 1 saturated carbocycles. The maximum atomic E-state index is 13.6. The van der Waals surface area contributed by atoms with Gasteiger partial charge in [-0.25, -0.2) is 4.39 Å². The Kier molecular flexibility index (Phi) is 4.40. The molecule has 1 aromatic rings. The zero-order chi connectivity index (χ0) is 13.8. The zero-order valence-corrected chi connectivity index (χ0v) is 11.2. The fourth-order valence-corrected chi connectivity index (χ4v) is 2.64. The van der Waals surface area contributed by atoms with E-state index in [4.69, 9.17) is 5.11 Å². The Morgan fingerprint density at radius 3 is 2.79 bits per heavy atom. The van der Waals surface area contributed by atoms with E-state index in [-0.39, 0.29) is 17.4 Å². The SMILES string of the molecule is CC1CCCCCC1NC(=O)c1ccc(O)cc1F. The van der Waals surface area contributed by atoms with E-state index in [1.54, 1.807) is 0 Å². The number of phenols is 1. The van der Waals surface area contributed by atoms with Crippen molar-refractivity contribution in [2.75, 3.05) is 0 Å². The van der Waals surface area contributed by atoms with Crippen molar-refractivity contribution in [3.63, 3.8) is 0 Å². The number of benzene rings is 1. The second-order valence-electron chi connectivity index (χ2n) is 5.36. The predicted molar refractivity (Wildman–Crippen MR) is 71.6 cm³/mol. The Labute approximate surface area is 112 Å². The summed E-state index contributed by atoms with van der Waals surface area (Å²) < 4.78 is 13.6. The second kappa shape index (κ2) is 6.04. The van der Waals surface area contributed by atoms with Crippen LogP contribution in [-0.4, -0.2) is 17.1 Å². The number of carbonyl (C=O) groups excluding carboxylic acids is 1. The summed E-state index contributed by atoms with van der Waals surface area (Å²) in [6.45, 7) is 2.13. The molecule has 19 heavy (non-hydrogen) atoms. The summed E-state index contributed by atoms with van der Waals surface area (Å²) in [5.74, 6) is -0.821. The highest BCUT2D eigenvalue weighted by Gasteiger charge is 2.23. The highest BCUT2D eigenvalue weighted by molar-refractivity contribution is 5.94. The van der Waals surface area contributed by atoms with Gasteiger partial charge in [0.05, 0.1) is 5.56 Å². The minimum Gasteiger partial charge on any atom is -0.508 e. The molecule has 0 bridgehead atoms. The van der Waals surface area contributed by atoms with Crippen LogP contribution >= 0.6 is 0 Å². The molecule has 0 spiro atoms. The lowest BCUT2D eigenvalue weighted by atomic mass is 9.96. The number of phenolic OH excluding ortho intramolecular Hbond substituents is 1. The van der Waals surface area contributed by atoms with Gasteiger partial charge in [-0.2, -0.15) is 0 Å². The first-order valence-electron chi connectivity index (χ1n) is 6.87. The summed E-state index contributed by atoms with van der Waals surface area (Å²) in [6, 6.07) is 3.73. The van der Waals surface area contributed by atoms with Crippen molar-refractivity contribution in [3.8, 4) is 5.75 Å². The van der Waals surface area contributed by atoms with E-state index in [0.29, 0.717) is 5.92 Å². The van der Waals surface area contributed by atoms with Crippen LogP contribution in [0.25, 0.3) is 0 Å². The normalized spacial score (nSPS) is 23.7. The van der Waals surface area contributed by atoms with Crippen LogP contribution in [0.2, 0.25) is 0 Å². The van der Waals surface area contributed by atoms with Crippen molar-refractivity contribution in [3.05, 3.63) is 29.6 Å². The smallest absolute Gasteiger partial charge is 0.254 e. The quantitative estimate of drug-likeness (QED) is 0.807. The van der Waals surface area contributed by atoms with Gasteiger partial charge in [0.2, 0.25) is 0 Å². The molecule has 1 amide bonds. The Morgan fingerprint density at radius 2 is 2.05 bits per heavy atom. The highest BCUT2D eigenvalue weighted by Crippen LogP contribution is 2.23. The molecular weight excluding hydrogens is 245 g/mol. The first kappa shape index (κ1) is 13.8. The Balaban J connectivity index is 2.07. The number of hydrogen-bond acceptors (Lipinski definition) is 2. The molecule has 3 nitrogen and oxygen atoms in total. The summed E-state index contributed by atoms with van der Waals surface area (Å²) in [6.07, 6.45) is 5.55. The van der Waals surface area contributed by atoms with E-state index in [9.17, 15) is 9.18 Å². The van der Waals surface area contributed by atoms with Gasteiger partial charge in [-0.3, -0.25) is 4.79 Å². The fraction of sp³-hybridized carbons (Fsp3) is 0.533. The van der Waals surface area contributed by atoms with Gasteiger partial charge in [0, 0.05) is 12.1 Å². The van der Waals surface area contributed by atoms with Crippen molar-refractivity contribution >= 4 is 5.91 Å². The summed E-state index contributed by atoms with van der Waals surface area (Å²) in [5.41, 5.74) is -0.00533. The van der Waals surface area contributed by atoms with Gasteiger partial charge in [0.25, 0.3) is 5.91 Å². The third kappa shape index (κ3) is 3.46. The summed E-state index contributed by atoms with van der Waals surface area (Å²) in [5, 5.41) is 12.1. The van der Waals surface area contributed by atoms with E-state index in [0.717, 1.165) is 25.3 Å². The summed E-state index contributed by atoms with van der Waals surface area (Å²) in [7, 11) is 0. The van der Waals surface area contributed by atoms with Crippen LogP contribution in [0.5, 0.6) is 5.75 Å². The van der Waals surface area contributed by atoms with E-state index in [1.807, 2.05) is 0 Å². The van der Waals surface area contributed by atoms with Gasteiger partial charge in [-0.05, 0) is 30.9 Å². The number of rotatable bonds is 2. The predicted octanol–water partition coefficient (Wildman–Crippen LogP) is 3.23. The summed E-state index contributed by atoms with van der Waals surface area (Å²) >= 11 is 0. The van der Waals surface area contributed by atoms with Gasteiger partial charge in [-0.1, -0.05) is 26.2 Å². The average molecular weight is 265 g/mol. The Bertz CT molecular complexity index is 461. The number of nitrogens with one attached hydrogen (secondary N) is 1. The molecule has 0 heterocycles. The van der Waals surface area contributed by atoms with Gasteiger partial charge in [0.1, 0.15) is 11.6 Å². The molecule has 1 fully saturated rings. The molecule has 2 atom stereocenters. The van der Waals surface area contributed by atoms with E-state index in [2.05, 4.69) is 12.2 Å². The molecular formula is C15H20FNO2. The van der Waals surface area contributed by atoms with Crippen molar-refractivity contribution in [2.45, 2.75) is 45.1 Å². The lowest BCUT2D eigenvalue weighted by Crippen LogP contribution is -2.39. The minimum absolute atomic E-state index is 0.00533. The van der Waals surface area contributed by atoms with Crippen LogP contribution in [0.3, 0.4) is 0 Å². The van der Waals surface area contributed by atoms with Crippen molar-refractivity contribution in [2.24, 2.45) is 5.92 Å². The maximum Gasteiger partial charge on any atom is 0.254 e. The number of amides is 1. The topological polar surface area (TPSA) is 49.3 Å². The molecule has 4 heteroatoms. The fourth-order valence-electron chi connectivity index (χ4n) is 2.64. The minimum atomic E-state index is -0.682.